The van der Waals surface area contributed by atoms with Crippen LogP contribution >= 0.6 is 0 Å². The number of carbonyl (C=O) groups is 3. The molecule has 2 N–H and O–H groups in total. The quantitative estimate of drug-likeness (QED) is 0.598. The van der Waals surface area contributed by atoms with Crippen molar-refractivity contribution in [1.82, 2.24) is 10.6 Å². The van der Waals surface area contributed by atoms with Gasteiger partial charge in [-0.05, 0) is 44.4 Å². The van der Waals surface area contributed by atoms with E-state index in [0.29, 0.717) is 44.1 Å². The minimum absolute atomic E-state index is 0. The topological polar surface area (TPSA) is 75.3 Å². The molecule has 1 aliphatic rings. The van der Waals surface area contributed by atoms with Gasteiger partial charge >= 0.3 is 0 Å². The second-order valence-corrected chi connectivity index (χ2v) is 7.28. The average molecular weight is 373 g/mol. The maximum atomic E-state index is 12.0. The van der Waals surface area contributed by atoms with Crippen LogP contribution in [0.25, 0.3) is 0 Å². The van der Waals surface area contributed by atoms with Gasteiger partial charge in [-0.1, -0.05) is 34.6 Å². The fourth-order valence-corrected chi connectivity index (χ4v) is 3.23. The first kappa shape index (κ1) is 24.6. The standard InChI is InChI=1S/C19H34N2O3.C2H6.2H2/c1-4-12-20-17(22)6-5-7-18(23)21-13-15-8-10-16(11-9-15)19(24)14(2)3;1-2;;/h14-16H,4-13H2,1-3H3,(H,20,22)(H,21,23);1-2H3;2*1H. The maximum Gasteiger partial charge on any atom is 0.220 e. The monoisotopic (exact) mass is 372 g/mol. The zero-order chi connectivity index (χ0) is 19.9. The van der Waals surface area contributed by atoms with Gasteiger partial charge in [0.2, 0.25) is 11.8 Å². The summed E-state index contributed by atoms with van der Waals surface area (Å²) in [6.45, 7) is 11.4. The molecule has 0 spiro atoms. The van der Waals surface area contributed by atoms with Gasteiger partial charge in [0.1, 0.15) is 5.78 Å². The summed E-state index contributed by atoms with van der Waals surface area (Å²) in [5, 5.41) is 5.79. The number of ketones is 1. The van der Waals surface area contributed by atoms with Gasteiger partial charge in [-0.15, -0.1) is 0 Å². The number of hydrogen-bond donors (Lipinski definition) is 2. The lowest BCUT2D eigenvalue weighted by Gasteiger charge is -2.28. The van der Waals surface area contributed by atoms with Gasteiger partial charge < -0.3 is 10.6 Å². The van der Waals surface area contributed by atoms with Gasteiger partial charge in [-0.3, -0.25) is 14.4 Å². The van der Waals surface area contributed by atoms with Crippen LogP contribution in [-0.4, -0.2) is 30.7 Å². The van der Waals surface area contributed by atoms with E-state index in [4.69, 9.17) is 0 Å². The molecule has 0 aliphatic heterocycles. The summed E-state index contributed by atoms with van der Waals surface area (Å²) in [6, 6.07) is 0. The van der Waals surface area contributed by atoms with Crippen molar-refractivity contribution in [3.05, 3.63) is 0 Å². The molecule has 26 heavy (non-hydrogen) atoms. The van der Waals surface area contributed by atoms with E-state index >= 15 is 0 Å². The third kappa shape index (κ3) is 10.6. The molecule has 0 aromatic carbocycles. The smallest absolute Gasteiger partial charge is 0.220 e. The van der Waals surface area contributed by atoms with Crippen molar-refractivity contribution in [3.63, 3.8) is 0 Å². The highest BCUT2D eigenvalue weighted by molar-refractivity contribution is 5.82. The zero-order valence-electron chi connectivity index (χ0n) is 17.5. The van der Waals surface area contributed by atoms with E-state index in [2.05, 4.69) is 10.6 Å². The van der Waals surface area contributed by atoms with E-state index in [1.807, 2.05) is 34.6 Å². The number of rotatable bonds is 10. The third-order valence-electron chi connectivity index (χ3n) is 4.79. The first-order chi connectivity index (χ1) is 12.4. The molecule has 0 saturated heterocycles. The number of carbonyl (C=O) groups excluding carboxylic acids is 3. The second kappa shape index (κ2) is 14.7. The Hall–Kier alpha value is -1.39. The summed E-state index contributed by atoms with van der Waals surface area (Å²) in [7, 11) is 0. The van der Waals surface area contributed by atoms with E-state index in [9.17, 15) is 14.4 Å². The van der Waals surface area contributed by atoms with Crippen molar-refractivity contribution >= 4 is 17.6 Å². The van der Waals surface area contributed by atoms with Crippen LogP contribution in [0.5, 0.6) is 0 Å². The molecule has 0 atom stereocenters. The van der Waals surface area contributed by atoms with Crippen molar-refractivity contribution in [2.45, 2.75) is 86.0 Å². The van der Waals surface area contributed by atoms with E-state index in [1.54, 1.807) is 0 Å². The molecule has 5 heteroatoms. The fourth-order valence-electron chi connectivity index (χ4n) is 3.23. The Balaban J connectivity index is -0.00000151. The molecule has 0 aromatic rings. The van der Waals surface area contributed by atoms with Crippen molar-refractivity contribution in [2.24, 2.45) is 17.8 Å². The Morgan fingerprint density at radius 3 is 2.00 bits per heavy atom. The molecule has 0 radical (unpaired) electrons. The summed E-state index contributed by atoms with van der Waals surface area (Å²) in [6.07, 6.45) is 6.28. The zero-order valence-corrected chi connectivity index (χ0v) is 17.5. The molecule has 1 saturated carbocycles. The van der Waals surface area contributed by atoms with Gasteiger partial charge in [0.25, 0.3) is 0 Å². The SMILES string of the molecule is CC.CCCNC(=O)CCCC(=O)NCC1CCC(C(=O)C(C)C)CC1.[HH].[HH]. The molecule has 0 aromatic heterocycles. The molecule has 0 unspecified atom stereocenters. The Labute approximate surface area is 163 Å². The van der Waals surface area contributed by atoms with Crippen molar-refractivity contribution in [1.29, 1.82) is 0 Å². The van der Waals surface area contributed by atoms with Gasteiger partial charge in [-0.2, -0.15) is 0 Å². The van der Waals surface area contributed by atoms with Gasteiger partial charge in [0, 0.05) is 40.6 Å². The predicted octanol–water partition coefficient (Wildman–Crippen LogP) is 4.35. The van der Waals surface area contributed by atoms with Crippen LogP contribution in [-0.2, 0) is 14.4 Å². The van der Waals surface area contributed by atoms with Crippen LogP contribution in [0.1, 0.15) is 88.8 Å². The van der Waals surface area contributed by atoms with Crippen molar-refractivity contribution in [3.8, 4) is 0 Å². The van der Waals surface area contributed by atoms with Crippen LogP contribution < -0.4 is 10.6 Å². The van der Waals surface area contributed by atoms with Gasteiger partial charge in [0.05, 0.1) is 0 Å². The first-order valence-corrected chi connectivity index (χ1v) is 10.5. The molecule has 5 nitrogen and oxygen atoms in total. The highest BCUT2D eigenvalue weighted by Gasteiger charge is 2.27. The Kier molecular flexibility index (Phi) is 14.0. The Morgan fingerprint density at radius 2 is 1.50 bits per heavy atom. The number of amides is 2. The molecule has 2 amide bonds. The first-order valence-electron chi connectivity index (χ1n) is 10.5. The number of Topliss-reactive ketones (excluding diaryl/α,β-unsaturated/α-hetero) is 1. The van der Waals surface area contributed by atoms with Crippen LogP contribution in [0.3, 0.4) is 0 Å². The van der Waals surface area contributed by atoms with Crippen LogP contribution in [0.15, 0.2) is 0 Å². The van der Waals surface area contributed by atoms with Crippen molar-refractivity contribution in [2.75, 3.05) is 13.1 Å². The largest absolute Gasteiger partial charge is 0.356 e. The summed E-state index contributed by atoms with van der Waals surface area (Å²) < 4.78 is 0. The normalized spacial score (nSPS) is 19.3. The summed E-state index contributed by atoms with van der Waals surface area (Å²) in [4.78, 5) is 35.3. The summed E-state index contributed by atoms with van der Waals surface area (Å²) in [5.74, 6) is 1.27. The van der Waals surface area contributed by atoms with Crippen LogP contribution in [0.2, 0.25) is 0 Å². The van der Waals surface area contributed by atoms with Crippen LogP contribution in [0.4, 0.5) is 0 Å². The lowest BCUT2D eigenvalue weighted by atomic mass is 9.78. The molecular formula is C21H44N2O3. The minimum Gasteiger partial charge on any atom is -0.356 e. The summed E-state index contributed by atoms with van der Waals surface area (Å²) >= 11 is 0. The molecule has 1 fully saturated rings. The second-order valence-electron chi connectivity index (χ2n) is 7.28. The van der Waals surface area contributed by atoms with E-state index in [-0.39, 0.29) is 26.5 Å². The predicted molar refractivity (Wildman–Crippen MR) is 111 cm³/mol. The highest BCUT2D eigenvalue weighted by Crippen LogP contribution is 2.30. The molecular weight excluding hydrogens is 328 g/mol. The van der Waals surface area contributed by atoms with Gasteiger partial charge in [-0.25, -0.2) is 0 Å². The Bertz CT molecular complexity index is 424. The lowest BCUT2D eigenvalue weighted by Crippen LogP contribution is -2.33. The minimum atomic E-state index is 0. The molecule has 0 bridgehead atoms. The molecule has 156 valence electrons. The number of hydrogen-bond acceptors (Lipinski definition) is 3. The summed E-state index contributed by atoms with van der Waals surface area (Å²) in [5.41, 5.74) is 0. The molecule has 1 aliphatic carbocycles. The molecule has 0 heterocycles. The average Bonchev–Trinajstić information content (AvgIpc) is 2.66. The third-order valence-corrected chi connectivity index (χ3v) is 4.79. The van der Waals surface area contributed by atoms with Crippen LogP contribution in [0, 0.1) is 17.8 Å². The van der Waals surface area contributed by atoms with Crippen molar-refractivity contribution < 1.29 is 17.2 Å². The Morgan fingerprint density at radius 1 is 0.962 bits per heavy atom. The number of nitrogens with one attached hydrogen (secondary N) is 2. The fraction of sp³-hybridized carbons (Fsp3) is 0.857. The molecule has 1 rings (SSSR count). The van der Waals surface area contributed by atoms with E-state index in [0.717, 1.165) is 32.1 Å². The van der Waals surface area contributed by atoms with E-state index in [1.165, 1.54) is 0 Å². The highest BCUT2D eigenvalue weighted by atomic mass is 16.2. The van der Waals surface area contributed by atoms with E-state index < -0.39 is 0 Å². The lowest BCUT2D eigenvalue weighted by molar-refractivity contribution is -0.127. The maximum absolute atomic E-state index is 12.0. The van der Waals surface area contributed by atoms with Gasteiger partial charge in [0.15, 0.2) is 0 Å².